The molecule has 0 fully saturated rings. The van der Waals surface area contributed by atoms with Crippen LogP contribution in [0.25, 0.3) is 0 Å². The normalized spacial score (nSPS) is 12.9. The lowest BCUT2D eigenvalue weighted by Crippen LogP contribution is -2.37. The number of halogens is 4. The largest absolute Gasteiger partial charge is 0.316 e. The van der Waals surface area contributed by atoms with Gasteiger partial charge in [0.25, 0.3) is 0 Å². The minimum Gasteiger partial charge on any atom is -0.316 e. The molecule has 4 nitrogen and oxygen atoms in total. The van der Waals surface area contributed by atoms with Crippen molar-refractivity contribution in [3.63, 3.8) is 0 Å². The van der Waals surface area contributed by atoms with Crippen LogP contribution in [0.3, 0.4) is 0 Å². The van der Waals surface area contributed by atoms with Crippen LogP contribution in [0.4, 0.5) is 4.39 Å². The fourth-order valence-electron chi connectivity index (χ4n) is 1.13. The van der Waals surface area contributed by atoms with Gasteiger partial charge in [0.15, 0.2) is 5.82 Å². The van der Waals surface area contributed by atoms with E-state index in [2.05, 4.69) is 10.0 Å². The van der Waals surface area contributed by atoms with E-state index in [1.54, 1.807) is 14.0 Å². The number of hydrogen-bond donors (Lipinski definition) is 2. The molecule has 2 N–H and O–H groups in total. The first-order valence-electron chi connectivity index (χ1n) is 5.10. The highest BCUT2D eigenvalue weighted by Gasteiger charge is 2.22. The molecule has 9 heteroatoms. The monoisotopic (exact) mass is 350 g/mol. The lowest BCUT2D eigenvalue weighted by molar-refractivity contribution is 0.552. The lowest BCUT2D eigenvalue weighted by Gasteiger charge is -2.13. The Morgan fingerprint density at radius 1 is 1.37 bits per heavy atom. The summed E-state index contributed by atoms with van der Waals surface area (Å²) in [4.78, 5) is -0.325. The van der Waals surface area contributed by atoms with Gasteiger partial charge in [-0.3, -0.25) is 0 Å². The Bertz CT molecular complexity index is 540. The van der Waals surface area contributed by atoms with Gasteiger partial charge in [-0.1, -0.05) is 23.2 Å². The fraction of sp³-hybridized carbons (Fsp3) is 0.400. The number of hydrogen-bond acceptors (Lipinski definition) is 3. The van der Waals surface area contributed by atoms with E-state index in [4.69, 9.17) is 23.2 Å². The highest BCUT2D eigenvalue weighted by atomic mass is 35.5. The minimum atomic E-state index is -3.86. The third-order valence-corrected chi connectivity index (χ3v) is 4.60. The second-order valence-corrected chi connectivity index (χ2v) is 6.24. The maximum atomic E-state index is 13.4. The van der Waals surface area contributed by atoms with Crippen molar-refractivity contribution in [3.05, 3.63) is 28.0 Å². The molecule has 0 aliphatic heterocycles. The lowest BCUT2D eigenvalue weighted by atomic mass is 10.3. The zero-order chi connectivity index (χ0) is 13.9. The van der Waals surface area contributed by atoms with Gasteiger partial charge >= 0.3 is 0 Å². The van der Waals surface area contributed by atoms with Crippen LogP contribution >= 0.6 is 35.6 Å². The molecule has 0 bridgehead atoms. The van der Waals surface area contributed by atoms with Crippen LogP contribution in [-0.4, -0.2) is 28.1 Å². The summed E-state index contributed by atoms with van der Waals surface area (Å²) in [5.41, 5.74) is 0. The quantitative estimate of drug-likeness (QED) is 0.801. The molecule has 0 heterocycles. The van der Waals surface area contributed by atoms with E-state index in [-0.39, 0.29) is 34.9 Å². The van der Waals surface area contributed by atoms with Crippen LogP contribution in [0.1, 0.15) is 6.92 Å². The molecule has 1 unspecified atom stereocenters. The Morgan fingerprint density at radius 3 is 2.47 bits per heavy atom. The van der Waals surface area contributed by atoms with E-state index in [1.165, 1.54) is 6.07 Å². The third kappa shape index (κ3) is 4.73. The molecule has 1 rings (SSSR count). The first kappa shape index (κ1) is 18.9. The predicted molar refractivity (Wildman–Crippen MR) is 77.4 cm³/mol. The highest BCUT2D eigenvalue weighted by molar-refractivity contribution is 7.89. The van der Waals surface area contributed by atoms with Crippen molar-refractivity contribution in [2.24, 2.45) is 0 Å². The molecular formula is C10H14Cl3FN2O2S. The highest BCUT2D eigenvalue weighted by Crippen LogP contribution is 2.29. The van der Waals surface area contributed by atoms with E-state index < -0.39 is 20.9 Å². The van der Waals surface area contributed by atoms with Gasteiger partial charge in [-0.15, -0.1) is 12.4 Å². The van der Waals surface area contributed by atoms with Crippen molar-refractivity contribution < 1.29 is 12.8 Å². The molecule has 0 spiro atoms. The van der Waals surface area contributed by atoms with E-state index >= 15 is 0 Å². The Hall–Kier alpha value is -0.110. The summed E-state index contributed by atoms with van der Waals surface area (Å²) in [5, 5.41) is 2.14. The van der Waals surface area contributed by atoms with Crippen LogP contribution in [0.15, 0.2) is 17.0 Å². The van der Waals surface area contributed by atoms with Crippen LogP contribution < -0.4 is 10.0 Å². The predicted octanol–water partition coefficient (Wildman–Crippen LogP) is 2.44. The molecule has 1 aromatic carbocycles. The van der Waals surface area contributed by atoms with Crippen molar-refractivity contribution in [1.82, 2.24) is 10.0 Å². The van der Waals surface area contributed by atoms with E-state index in [9.17, 15) is 12.8 Å². The van der Waals surface area contributed by atoms with Crippen LogP contribution in [-0.2, 0) is 10.0 Å². The average molecular weight is 352 g/mol. The maximum absolute atomic E-state index is 13.4. The maximum Gasteiger partial charge on any atom is 0.242 e. The number of nitrogens with one attached hydrogen (secondary N) is 2. The van der Waals surface area contributed by atoms with E-state index in [1.807, 2.05) is 0 Å². The Morgan fingerprint density at radius 2 is 1.95 bits per heavy atom. The molecule has 0 saturated heterocycles. The topological polar surface area (TPSA) is 58.2 Å². The molecule has 110 valence electrons. The van der Waals surface area contributed by atoms with E-state index in [0.717, 1.165) is 6.07 Å². The van der Waals surface area contributed by atoms with Crippen molar-refractivity contribution in [3.8, 4) is 0 Å². The molecule has 0 aromatic heterocycles. The minimum absolute atomic E-state index is 0. The summed E-state index contributed by atoms with van der Waals surface area (Å²) in [6, 6.07) is 2.26. The van der Waals surface area contributed by atoms with Crippen molar-refractivity contribution >= 4 is 45.6 Å². The fourth-order valence-corrected chi connectivity index (χ4v) is 3.00. The number of sulfonamides is 1. The van der Waals surface area contributed by atoms with Crippen molar-refractivity contribution in [2.75, 3.05) is 13.6 Å². The molecule has 0 aliphatic rings. The van der Waals surface area contributed by atoms with Gasteiger partial charge in [-0.05, 0) is 26.1 Å². The molecule has 0 amide bonds. The van der Waals surface area contributed by atoms with Crippen molar-refractivity contribution in [1.29, 1.82) is 0 Å². The Balaban J connectivity index is 0.00000324. The summed E-state index contributed by atoms with van der Waals surface area (Å²) in [6.45, 7) is 1.96. The summed E-state index contributed by atoms with van der Waals surface area (Å²) < 4.78 is 39.6. The van der Waals surface area contributed by atoms with Crippen molar-refractivity contribution in [2.45, 2.75) is 17.9 Å². The Labute approximate surface area is 128 Å². The van der Waals surface area contributed by atoms with Gasteiger partial charge < -0.3 is 5.32 Å². The second kappa shape index (κ2) is 7.61. The SMILES string of the molecule is CNC(C)CNS(=O)(=O)c1ccc(Cl)c(F)c1Cl.Cl. The molecule has 0 saturated carbocycles. The summed E-state index contributed by atoms with van der Waals surface area (Å²) >= 11 is 11.1. The van der Waals surface area contributed by atoms with Gasteiger partial charge in [0, 0.05) is 12.6 Å². The molecule has 19 heavy (non-hydrogen) atoms. The number of benzene rings is 1. The van der Waals surface area contributed by atoms with Crippen LogP contribution in [0.5, 0.6) is 0 Å². The zero-order valence-electron chi connectivity index (χ0n) is 10.2. The Kier molecular flexibility index (Phi) is 7.57. The van der Waals surface area contributed by atoms with E-state index in [0.29, 0.717) is 0 Å². The second-order valence-electron chi connectivity index (χ2n) is 3.72. The smallest absolute Gasteiger partial charge is 0.242 e. The average Bonchev–Trinajstić information content (AvgIpc) is 2.32. The van der Waals surface area contributed by atoms with Gasteiger partial charge in [-0.25, -0.2) is 17.5 Å². The molecule has 0 radical (unpaired) electrons. The summed E-state index contributed by atoms with van der Waals surface area (Å²) in [5.74, 6) is -0.942. The number of rotatable bonds is 5. The zero-order valence-corrected chi connectivity index (χ0v) is 13.4. The molecule has 1 aromatic rings. The molecule has 0 aliphatic carbocycles. The van der Waals surface area contributed by atoms with Crippen LogP contribution in [0, 0.1) is 5.82 Å². The van der Waals surface area contributed by atoms with Crippen LogP contribution in [0.2, 0.25) is 10.0 Å². The first-order valence-corrected chi connectivity index (χ1v) is 7.34. The molecule has 1 atom stereocenters. The summed E-state index contributed by atoms with van der Waals surface area (Å²) in [7, 11) is -2.15. The molecular weight excluding hydrogens is 338 g/mol. The van der Waals surface area contributed by atoms with Gasteiger partial charge in [-0.2, -0.15) is 0 Å². The summed E-state index contributed by atoms with van der Waals surface area (Å²) in [6.07, 6.45) is 0. The van der Waals surface area contributed by atoms with Gasteiger partial charge in [0.1, 0.15) is 4.90 Å². The third-order valence-electron chi connectivity index (χ3n) is 2.36. The standard InChI is InChI=1S/C10H13Cl2FN2O2S.ClH/c1-6(14-2)5-15-18(16,17)8-4-3-7(11)10(13)9(8)12;/h3-4,6,14-15H,5H2,1-2H3;1H. The first-order chi connectivity index (χ1) is 8.29. The van der Waals surface area contributed by atoms with Gasteiger partial charge in [0.2, 0.25) is 10.0 Å². The van der Waals surface area contributed by atoms with Gasteiger partial charge in [0.05, 0.1) is 10.0 Å². The number of likely N-dealkylation sites (N-methyl/N-ethyl adjacent to an activating group) is 1.